The Morgan fingerprint density at radius 1 is 1.33 bits per heavy atom. The van der Waals surface area contributed by atoms with Crippen molar-refractivity contribution in [3.05, 3.63) is 28.2 Å². The minimum absolute atomic E-state index is 0.170. The van der Waals surface area contributed by atoms with Crippen molar-refractivity contribution >= 4 is 33.5 Å². The fourth-order valence-corrected chi connectivity index (χ4v) is 2.63. The second-order valence-electron chi connectivity index (χ2n) is 5.02. The lowest BCUT2D eigenvalue weighted by atomic mass is 9.96. The zero-order chi connectivity index (χ0) is 15.8. The van der Waals surface area contributed by atoms with Crippen LogP contribution in [0, 0.1) is 5.92 Å². The molecule has 0 fully saturated rings. The van der Waals surface area contributed by atoms with Gasteiger partial charge in [0.2, 0.25) is 0 Å². The number of anilines is 1. The van der Waals surface area contributed by atoms with Crippen molar-refractivity contribution in [2.75, 3.05) is 12.3 Å². The van der Waals surface area contributed by atoms with Crippen LogP contribution in [0.5, 0.6) is 0 Å². The molecule has 0 aromatic heterocycles. The highest BCUT2D eigenvalue weighted by Crippen LogP contribution is 2.18. The van der Waals surface area contributed by atoms with Gasteiger partial charge < -0.3 is 16.2 Å². The zero-order valence-electron chi connectivity index (χ0n) is 12.1. The monoisotopic (exact) mass is 356 g/mol. The molecule has 0 saturated heterocycles. The summed E-state index contributed by atoms with van der Waals surface area (Å²) in [7, 11) is 0. The number of nitrogen functional groups attached to an aromatic ring is 1. The van der Waals surface area contributed by atoms with E-state index in [9.17, 15) is 9.59 Å². The zero-order valence-corrected chi connectivity index (χ0v) is 13.6. The lowest BCUT2D eigenvalue weighted by Crippen LogP contribution is -2.26. The quantitative estimate of drug-likeness (QED) is 0.624. The van der Waals surface area contributed by atoms with Gasteiger partial charge in [-0.2, -0.15) is 0 Å². The number of benzene rings is 1. The maximum Gasteiger partial charge on any atom is 0.303 e. The SMILES string of the molecule is CCC(CCNC(=O)c1cc(N)cc(Br)c1)CCC(=O)O. The summed E-state index contributed by atoms with van der Waals surface area (Å²) in [6.07, 6.45) is 2.51. The summed E-state index contributed by atoms with van der Waals surface area (Å²) < 4.78 is 0.764. The van der Waals surface area contributed by atoms with Gasteiger partial charge in [-0.3, -0.25) is 9.59 Å². The van der Waals surface area contributed by atoms with E-state index in [2.05, 4.69) is 21.2 Å². The highest BCUT2D eigenvalue weighted by atomic mass is 79.9. The Morgan fingerprint density at radius 3 is 2.62 bits per heavy atom. The number of aliphatic carboxylic acids is 1. The summed E-state index contributed by atoms with van der Waals surface area (Å²) in [5.74, 6) is -0.632. The van der Waals surface area contributed by atoms with E-state index >= 15 is 0 Å². The molecule has 116 valence electrons. The number of hydrogen-bond donors (Lipinski definition) is 3. The first-order valence-corrected chi connectivity index (χ1v) is 7.77. The van der Waals surface area contributed by atoms with Gasteiger partial charge >= 0.3 is 5.97 Å². The number of amides is 1. The maximum absolute atomic E-state index is 12.0. The number of rotatable bonds is 8. The number of carbonyl (C=O) groups is 2. The Kier molecular flexibility index (Phi) is 7.22. The molecule has 21 heavy (non-hydrogen) atoms. The van der Waals surface area contributed by atoms with Crippen LogP contribution in [0.4, 0.5) is 5.69 Å². The van der Waals surface area contributed by atoms with Crippen LogP contribution >= 0.6 is 15.9 Å². The van der Waals surface area contributed by atoms with Crippen molar-refractivity contribution in [3.63, 3.8) is 0 Å². The first-order chi connectivity index (χ1) is 9.92. The Hall–Kier alpha value is -1.56. The molecular formula is C15H21BrN2O3. The molecule has 0 bridgehead atoms. The van der Waals surface area contributed by atoms with Gasteiger partial charge in [0.25, 0.3) is 5.91 Å². The van der Waals surface area contributed by atoms with Gasteiger partial charge in [0.15, 0.2) is 0 Å². The molecule has 4 N–H and O–H groups in total. The molecule has 0 heterocycles. The van der Waals surface area contributed by atoms with Crippen LogP contribution in [0.15, 0.2) is 22.7 Å². The Morgan fingerprint density at radius 2 is 2.05 bits per heavy atom. The molecular weight excluding hydrogens is 336 g/mol. The molecule has 5 nitrogen and oxygen atoms in total. The molecule has 1 rings (SSSR count). The summed E-state index contributed by atoms with van der Waals surface area (Å²) in [5.41, 5.74) is 6.74. The van der Waals surface area contributed by atoms with Crippen molar-refractivity contribution in [3.8, 4) is 0 Å². The summed E-state index contributed by atoms with van der Waals surface area (Å²) >= 11 is 3.30. The number of hydrogen-bond acceptors (Lipinski definition) is 3. The van der Waals surface area contributed by atoms with Crippen LogP contribution in [0.1, 0.15) is 43.0 Å². The van der Waals surface area contributed by atoms with E-state index in [1.807, 2.05) is 6.92 Å². The normalized spacial score (nSPS) is 11.9. The van der Waals surface area contributed by atoms with Crippen LogP contribution in [0.3, 0.4) is 0 Å². The predicted molar refractivity (Wildman–Crippen MR) is 86.2 cm³/mol. The fraction of sp³-hybridized carbons (Fsp3) is 0.467. The lowest BCUT2D eigenvalue weighted by Gasteiger charge is -2.14. The fourth-order valence-electron chi connectivity index (χ4n) is 2.12. The van der Waals surface area contributed by atoms with Crippen LogP contribution in [0.25, 0.3) is 0 Å². The van der Waals surface area contributed by atoms with Crippen LogP contribution < -0.4 is 11.1 Å². The van der Waals surface area contributed by atoms with Gasteiger partial charge in [0.05, 0.1) is 0 Å². The van der Waals surface area contributed by atoms with E-state index in [0.717, 1.165) is 17.3 Å². The summed E-state index contributed by atoms with van der Waals surface area (Å²) in [5, 5.41) is 11.5. The Labute approximate surface area is 133 Å². The van der Waals surface area contributed by atoms with E-state index < -0.39 is 5.97 Å². The van der Waals surface area contributed by atoms with Gasteiger partial charge in [-0.15, -0.1) is 0 Å². The second-order valence-corrected chi connectivity index (χ2v) is 5.94. The number of carboxylic acid groups (broad SMARTS) is 1. The minimum atomic E-state index is -0.776. The molecule has 6 heteroatoms. The highest BCUT2D eigenvalue weighted by molar-refractivity contribution is 9.10. The van der Waals surface area contributed by atoms with Crippen molar-refractivity contribution in [1.29, 1.82) is 0 Å². The third-order valence-electron chi connectivity index (χ3n) is 3.36. The van der Waals surface area contributed by atoms with E-state index in [1.165, 1.54) is 0 Å². The van der Waals surface area contributed by atoms with Gasteiger partial charge in [-0.05, 0) is 37.0 Å². The van der Waals surface area contributed by atoms with Crippen LogP contribution in [0.2, 0.25) is 0 Å². The molecule has 0 spiro atoms. The number of nitrogens with two attached hydrogens (primary N) is 1. The van der Waals surface area contributed by atoms with Crippen molar-refractivity contribution < 1.29 is 14.7 Å². The van der Waals surface area contributed by atoms with E-state index in [0.29, 0.717) is 30.1 Å². The van der Waals surface area contributed by atoms with Crippen LogP contribution in [-0.2, 0) is 4.79 Å². The number of nitrogens with one attached hydrogen (secondary N) is 1. The molecule has 0 aliphatic heterocycles. The van der Waals surface area contributed by atoms with Crippen molar-refractivity contribution in [2.24, 2.45) is 5.92 Å². The summed E-state index contributed by atoms with van der Waals surface area (Å²) in [4.78, 5) is 22.6. The number of halogens is 1. The average molecular weight is 357 g/mol. The highest BCUT2D eigenvalue weighted by Gasteiger charge is 2.11. The van der Waals surface area contributed by atoms with Gasteiger partial charge in [-0.25, -0.2) is 0 Å². The van der Waals surface area contributed by atoms with Gasteiger partial charge in [0.1, 0.15) is 0 Å². The van der Waals surface area contributed by atoms with E-state index in [4.69, 9.17) is 10.8 Å². The van der Waals surface area contributed by atoms with E-state index in [1.54, 1.807) is 18.2 Å². The van der Waals surface area contributed by atoms with Gasteiger partial charge in [0, 0.05) is 28.7 Å². The predicted octanol–water partition coefficient (Wildman–Crippen LogP) is 3.04. The maximum atomic E-state index is 12.0. The Balaban J connectivity index is 2.43. The van der Waals surface area contributed by atoms with E-state index in [-0.39, 0.29) is 12.3 Å². The number of carbonyl (C=O) groups excluding carboxylic acids is 1. The first-order valence-electron chi connectivity index (χ1n) is 6.98. The van der Waals surface area contributed by atoms with Gasteiger partial charge in [-0.1, -0.05) is 29.3 Å². The Bertz CT molecular complexity index is 485. The molecule has 0 saturated carbocycles. The molecule has 0 radical (unpaired) electrons. The third kappa shape index (κ3) is 6.62. The lowest BCUT2D eigenvalue weighted by molar-refractivity contribution is -0.137. The molecule has 0 aliphatic rings. The average Bonchev–Trinajstić information content (AvgIpc) is 2.41. The van der Waals surface area contributed by atoms with Crippen LogP contribution in [-0.4, -0.2) is 23.5 Å². The molecule has 1 unspecified atom stereocenters. The second kappa shape index (κ2) is 8.67. The van der Waals surface area contributed by atoms with Crippen molar-refractivity contribution in [2.45, 2.75) is 32.6 Å². The van der Waals surface area contributed by atoms with Crippen molar-refractivity contribution in [1.82, 2.24) is 5.32 Å². The molecule has 0 aliphatic carbocycles. The first kappa shape index (κ1) is 17.5. The molecule has 1 amide bonds. The molecule has 1 atom stereocenters. The standard InChI is InChI=1S/C15H21BrN2O3/c1-2-10(3-4-14(19)20)5-6-18-15(21)11-7-12(16)9-13(17)8-11/h7-10H,2-6,17H2,1H3,(H,18,21)(H,19,20). The largest absolute Gasteiger partial charge is 0.481 e. The molecule has 1 aromatic rings. The molecule has 1 aromatic carbocycles. The minimum Gasteiger partial charge on any atom is -0.481 e. The summed E-state index contributed by atoms with van der Waals surface area (Å²) in [6, 6.07) is 5.07. The summed E-state index contributed by atoms with van der Waals surface area (Å²) in [6.45, 7) is 2.56. The smallest absolute Gasteiger partial charge is 0.303 e. The number of carboxylic acids is 1. The topological polar surface area (TPSA) is 92.4 Å². The third-order valence-corrected chi connectivity index (χ3v) is 3.82.